The average molecular weight is 353 g/mol. The maximum absolute atomic E-state index is 12.6. The number of aromatic hydroxyl groups is 2. The smallest absolute Gasteiger partial charge is 0.299 e. The monoisotopic (exact) mass is 353 g/mol. The van der Waals surface area contributed by atoms with Crippen molar-refractivity contribution in [1.82, 2.24) is 0 Å². The Morgan fingerprint density at radius 3 is 1.88 bits per heavy atom. The van der Waals surface area contributed by atoms with Crippen LogP contribution in [0, 0.1) is 6.07 Å². The summed E-state index contributed by atoms with van der Waals surface area (Å²) in [7, 11) is -4.01. The van der Waals surface area contributed by atoms with E-state index in [0.717, 1.165) is 0 Å². The quantitative estimate of drug-likeness (QED) is 0.692. The second-order valence-corrected chi connectivity index (χ2v) is 7.21. The molecule has 2 N–H and O–H groups in total. The fourth-order valence-electron chi connectivity index (χ4n) is 3.12. The van der Waals surface area contributed by atoms with Gasteiger partial charge in [-0.25, -0.2) is 4.18 Å². The van der Waals surface area contributed by atoms with Crippen molar-refractivity contribution < 1.29 is 22.8 Å². The largest absolute Gasteiger partial charge is 0.508 e. The number of hydrogen-bond donors (Lipinski definition) is 2. The van der Waals surface area contributed by atoms with Gasteiger partial charge in [-0.2, -0.15) is 8.42 Å². The Morgan fingerprint density at radius 1 is 0.840 bits per heavy atom. The van der Waals surface area contributed by atoms with Gasteiger partial charge < -0.3 is 10.2 Å². The predicted octanol–water partition coefficient (Wildman–Crippen LogP) is 2.91. The van der Waals surface area contributed by atoms with Gasteiger partial charge in [0.1, 0.15) is 16.4 Å². The Morgan fingerprint density at radius 2 is 1.36 bits per heavy atom. The topological polar surface area (TPSA) is 83.8 Å². The maximum Gasteiger partial charge on any atom is 0.299 e. The normalized spacial score (nSPS) is 17.1. The van der Waals surface area contributed by atoms with Crippen LogP contribution >= 0.6 is 0 Å². The molecule has 0 atom stereocenters. The minimum absolute atomic E-state index is 0.0175. The fraction of sp³-hybridized carbons (Fsp3) is 0.0526. The van der Waals surface area contributed by atoms with E-state index in [9.17, 15) is 18.6 Å². The summed E-state index contributed by atoms with van der Waals surface area (Å²) in [4.78, 5) is -0.0175. The molecule has 0 bridgehead atoms. The highest BCUT2D eigenvalue weighted by molar-refractivity contribution is 7.87. The third-order valence-corrected chi connectivity index (χ3v) is 5.54. The second kappa shape index (κ2) is 5.34. The first kappa shape index (κ1) is 15.7. The van der Waals surface area contributed by atoms with Crippen molar-refractivity contribution in [3.8, 4) is 11.5 Å². The van der Waals surface area contributed by atoms with Crippen LogP contribution < -0.4 is 0 Å². The van der Waals surface area contributed by atoms with E-state index in [-0.39, 0.29) is 16.4 Å². The molecule has 3 aromatic rings. The third kappa shape index (κ3) is 2.30. The van der Waals surface area contributed by atoms with Crippen molar-refractivity contribution in [2.24, 2.45) is 0 Å². The van der Waals surface area contributed by atoms with Crippen molar-refractivity contribution in [3.05, 3.63) is 89.5 Å². The molecule has 0 spiro atoms. The molecule has 6 heteroatoms. The molecular formula is C19H13O5S. The fourth-order valence-corrected chi connectivity index (χ4v) is 4.51. The van der Waals surface area contributed by atoms with E-state index in [1.807, 2.05) is 0 Å². The average Bonchev–Trinajstić information content (AvgIpc) is 2.85. The third-order valence-electron chi connectivity index (χ3n) is 4.23. The van der Waals surface area contributed by atoms with E-state index in [1.165, 1.54) is 30.3 Å². The number of phenols is 2. The van der Waals surface area contributed by atoms with Crippen LogP contribution in [0.3, 0.4) is 0 Å². The van der Waals surface area contributed by atoms with Crippen LogP contribution in [-0.4, -0.2) is 18.6 Å². The Labute approximate surface area is 144 Å². The molecule has 0 saturated carbocycles. The molecule has 1 aliphatic heterocycles. The molecular weight excluding hydrogens is 340 g/mol. The minimum atomic E-state index is -4.01. The number of rotatable bonds is 2. The number of benzene rings is 3. The van der Waals surface area contributed by atoms with E-state index in [1.54, 1.807) is 36.4 Å². The zero-order chi connectivity index (χ0) is 17.7. The molecule has 0 unspecified atom stereocenters. The summed E-state index contributed by atoms with van der Waals surface area (Å²) < 4.78 is 30.8. The van der Waals surface area contributed by atoms with Gasteiger partial charge in [0.05, 0.1) is 0 Å². The van der Waals surface area contributed by atoms with Gasteiger partial charge in [0.2, 0.25) is 0 Å². The minimum Gasteiger partial charge on any atom is -0.508 e. The molecule has 1 aliphatic rings. The van der Waals surface area contributed by atoms with Crippen molar-refractivity contribution in [2.45, 2.75) is 10.5 Å². The van der Waals surface area contributed by atoms with Crippen LogP contribution in [0.2, 0.25) is 0 Å². The summed E-state index contributed by atoms with van der Waals surface area (Å²) in [6.07, 6.45) is 0. The zero-order valence-corrected chi connectivity index (χ0v) is 13.7. The van der Waals surface area contributed by atoms with Gasteiger partial charge in [-0.3, -0.25) is 0 Å². The molecule has 0 aromatic heterocycles. The molecule has 4 rings (SSSR count). The van der Waals surface area contributed by atoms with Gasteiger partial charge in [-0.1, -0.05) is 42.5 Å². The second-order valence-electron chi connectivity index (χ2n) is 5.73. The molecule has 1 heterocycles. The van der Waals surface area contributed by atoms with Crippen LogP contribution in [0.25, 0.3) is 0 Å². The van der Waals surface area contributed by atoms with Crippen molar-refractivity contribution >= 4 is 10.1 Å². The van der Waals surface area contributed by atoms with Crippen molar-refractivity contribution in [1.29, 1.82) is 0 Å². The predicted molar refractivity (Wildman–Crippen MR) is 89.6 cm³/mol. The van der Waals surface area contributed by atoms with E-state index < -0.39 is 15.7 Å². The van der Waals surface area contributed by atoms with Gasteiger partial charge in [-0.15, -0.1) is 0 Å². The Balaban J connectivity index is 2.08. The van der Waals surface area contributed by atoms with Gasteiger partial charge in [0.25, 0.3) is 10.1 Å². The molecule has 1 radical (unpaired) electrons. The molecule has 0 saturated heterocycles. The highest BCUT2D eigenvalue weighted by atomic mass is 32.2. The summed E-state index contributed by atoms with van der Waals surface area (Å²) in [5.41, 5.74) is 0.107. The molecule has 25 heavy (non-hydrogen) atoms. The summed E-state index contributed by atoms with van der Waals surface area (Å²) in [6, 6.07) is 20.0. The summed E-state index contributed by atoms with van der Waals surface area (Å²) >= 11 is 0. The Hall–Kier alpha value is -2.83. The molecule has 0 aliphatic carbocycles. The Kier molecular flexibility index (Phi) is 3.35. The number of phenolic OH excluding ortho intramolecular Hbond substituents is 2. The highest BCUT2D eigenvalue weighted by Gasteiger charge is 2.51. The van der Waals surface area contributed by atoms with Gasteiger partial charge >= 0.3 is 0 Å². The first-order valence-electron chi connectivity index (χ1n) is 7.49. The summed E-state index contributed by atoms with van der Waals surface area (Å²) in [6.45, 7) is 0. The summed E-state index contributed by atoms with van der Waals surface area (Å²) in [5, 5.41) is 19.2. The maximum atomic E-state index is 12.6. The van der Waals surface area contributed by atoms with Crippen LogP contribution in [0.4, 0.5) is 0 Å². The first-order valence-corrected chi connectivity index (χ1v) is 8.90. The zero-order valence-electron chi connectivity index (χ0n) is 12.9. The van der Waals surface area contributed by atoms with Crippen molar-refractivity contribution in [3.63, 3.8) is 0 Å². The van der Waals surface area contributed by atoms with E-state index in [2.05, 4.69) is 6.07 Å². The summed E-state index contributed by atoms with van der Waals surface area (Å²) in [5.74, 6) is 0.121. The first-order chi connectivity index (χ1) is 11.9. The van der Waals surface area contributed by atoms with Crippen molar-refractivity contribution in [2.75, 3.05) is 0 Å². The molecule has 0 fully saturated rings. The van der Waals surface area contributed by atoms with Crippen LogP contribution in [0.15, 0.2) is 71.6 Å². The lowest BCUT2D eigenvalue weighted by atomic mass is 9.80. The lowest BCUT2D eigenvalue weighted by Gasteiger charge is -2.29. The molecule has 3 aromatic carbocycles. The SMILES string of the molecule is O=S1(=O)OC(c2ccc(O)cc2)(c2ccc(O)cc2)c2ccc[c]c21. The molecule has 125 valence electrons. The van der Waals surface area contributed by atoms with E-state index in [0.29, 0.717) is 16.7 Å². The van der Waals surface area contributed by atoms with Gasteiger partial charge in [-0.05, 0) is 35.4 Å². The molecule has 5 nitrogen and oxygen atoms in total. The van der Waals surface area contributed by atoms with E-state index >= 15 is 0 Å². The molecule has 0 amide bonds. The van der Waals surface area contributed by atoms with Crippen LogP contribution in [0.5, 0.6) is 11.5 Å². The lowest BCUT2D eigenvalue weighted by molar-refractivity contribution is 0.180. The number of fused-ring (bicyclic) bond motifs is 1. The standard InChI is InChI=1S/C19H13O5S/c20-15-9-5-13(6-10-15)19(14-7-11-16(21)12-8-14)17-3-1-2-4-18(17)25(22,23)24-19/h1-3,5-12,20-21H. The Bertz CT molecular complexity index is 992. The van der Waals surface area contributed by atoms with E-state index in [4.69, 9.17) is 4.18 Å². The van der Waals surface area contributed by atoms with Gasteiger partial charge in [0.15, 0.2) is 5.60 Å². The van der Waals surface area contributed by atoms with Gasteiger partial charge in [0, 0.05) is 11.6 Å². The van der Waals surface area contributed by atoms with Crippen LogP contribution in [-0.2, 0) is 19.9 Å². The number of hydrogen-bond acceptors (Lipinski definition) is 5. The lowest BCUT2D eigenvalue weighted by Crippen LogP contribution is -2.29. The van der Waals surface area contributed by atoms with Crippen LogP contribution in [0.1, 0.15) is 16.7 Å². The highest BCUT2D eigenvalue weighted by Crippen LogP contribution is 2.50.